The first-order valence-corrected chi connectivity index (χ1v) is 8.43. The summed E-state index contributed by atoms with van der Waals surface area (Å²) >= 11 is 0. The number of aromatic carboxylic acids is 1. The van der Waals surface area contributed by atoms with Gasteiger partial charge in [0.25, 0.3) is 0 Å². The molecule has 1 aliphatic heterocycles. The van der Waals surface area contributed by atoms with Crippen molar-refractivity contribution in [3.63, 3.8) is 0 Å². The van der Waals surface area contributed by atoms with E-state index in [0.29, 0.717) is 31.5 Å². The van der Waals surface area contributed by atoms with E-state index in [-0.39, 0.29) is 23.8 Å². The Bertz CT molecular complexity index is 600. The van der Waals surface area contributed by atoms with Gasteiger partial charge in [0.05, 0.1) is 12.0 Å². The first kappa shape index (κ1) is 18.0. The van der Waals surface area contributed by atoms with Crippen LogP contribution in [-0.4, -0.2) is 47.4 Å². The van der Waals surface area contributed by atoms with E-state index in [1.165, 1.54) is 6.07 Å². The highest BCUT2D eigenvalue weighted by Gasteiger charge is 2.16. The lowest BCUT2D eigenvalue weighted by Crippen LogP contribution is -2.34. The van der Waals surface area contributed by atoms with E-state index in [2.05, 4.69) is 5.32 Å². The average Bonchev–Trinajstić information content (AvgIpc) is 2.76. The minimum atomic E-state index is -1.03. The van der Waals surface area contributed by atoms with E-state index < -0.39 is 5.97 Å². The van der Waals surface area contributed by atoms with Gasteiger partial charge in [0, 0.05) is 26.1 Å². The highest BCUT2D eigenvalue weighted by atomic mass is 16.4. The van der Waals surface area contributed by atoms with Gasteiger partial charge >= 0.3 is 5.97 Å². The zero-order valence-electron chi connectivity index (χ0n) is 13.8. The Morgan fingerprint density at radius 1 is 1.17 bits per heavy atom. The summed E-state index contributed by atoms with van der Waals surface area (Å²) in [5, 5.41) is 11.9. The van der Waals surface area contributed by atoms with Gasteiger partial charge in [-0.1, -0.05) is 24.6 Å². The number of carbonyl (C=O) groups is 3. The van der Waals surface area contributed by atoms with Crippen molar-refractivity contribution in [2.75, 3.05) is 19.6 Å². The van der Waals surface area contributed by atoms with E-state index >= 15 is 0 Å². The van der Waals surface area contributed by atoms with Crippen molar-refractivity contribution in [2.45, 2.75) is 38.5 Å². The number of hydrogen-bond donors (Lipinski definition) is 2. The standard InChI is InChI=1S/C18H24N2O4/c21-16(13-14-7-3-4-8-15(14)18(23)24)19-10-6-12-20-11-5-1-2-9-17(20)22/h3-4,7-8H,1-2,5-6,9-13H2,(H,19,21)(H,23,24). The Balaban J connectivity index is 1.74. The first-order chi connectivity index (χ1) is 11.6. The highest BCUT2D eigenvalue weighted by Crippen LogP contribution is 2.11. The van der Waals surface area contributed by atoms with E-state index in [4.69, 9.17) is 5.11 Å². The third-order valence-corrected chi connectivity index (χ3v) is 4.20. The largest absolute Gasteiger partial charge is 0.478 e. The van der Waals surface area contributed by atoms with Gasteiger partial charge in [-0.05, 0) is 30.9 Å². The summed E-state index contributed by atoms with van der Waals surface area (Å²) in [5.74, 6) is -1.03. The molecule has 6 nitrogen and oxygen atoms in total. The highest BCUT2D eigenvalue weighted by molar-refractivity contribution is 5.91. The van der Waals surface area contributed by atoms with Crippen LogP contribution in [0.15, 0.2) is 24.3 Å². The molecular formula is C18H24N2O4. The predicted molar refractivity (Wildman–Crippen MR) is 89.8 cm³/mol. The van der Waals surface area contributed by atoms with Crippen molar-refractivity contribution in [2.24, 2.45) is 0 Å². The van der Waals surface area contributed by atoms with Crippen molar-refractivity contribution in [1.82, 2.24) is 10.2 Å². The Morgan fingerprint density at radius 2 is 1.96 bits per heavy atom. The van der Waals surface area contributed by atoms with Gasteiger partial charge in [0.15, 0.2) is 0 Å². The van der Waals surface area contributed by atoms with Crippen LogP contribution in [0.5, 0.6) is 0 Å². The molecule has 0 unspecified atom stereocenters. The minimum absolute atomic E-state index is 0.0467. The fraction of sp³-hybridized carbons (Fsp3) is 0.500. The molecule has 1 aromatic carbocycles. The molecule has 0 spiro atoms. The van der Waals surface area contributed by atoms with Gasteiger partial charge in [-0.3, -0.25) is 9.59 Å². The molecule has 24 heavy (non-hydrogen) atoms. The second-order valence-electron chi connectivity index (χ2n) is 6.03. The van der Waals surface area contributed by atoms with E-state index in [1.807, 2.05) is 4.90 Å². The molecule has 1 heterocycles. The molecule has 0 saturated carbocycles. The maximum atomic E-state index is 12.0. The molecule has 1 aromatic rings. The molecule has 0 aliphatic carbocycles. The molecular weight excluding hydrogens is 308 g/mol. The number of carbonyl (C=O) groups excluding carboxylic acids is 2. The van der Waals surface area contributed by atoms with E-state index in [1.54, 1.807) is 18.2 Å². The lowest BCUT2D eigenvalue weighted by molar-refractivity contribution is -0.130. The van der Waals surface area contributed by atoms with Crippen molar-refractivity contribution in [3.05, 3.63) is 35.4 Å². The molecule has 1 saturated heterocycles. The molecule has 0 bridgehead atoms. The maximum absolute atomic E-state index is 12.0. The number of amides is 2. The van der Waals surface area contributed by atoms with Crippen LogP contribution in [0.3, 0.4) is 0 Å². The van der Waals surface area contributed by atoms with Crippen LogP contribution in [-0.2, 0) is 16.0 Å². The number of rotatable bonds is 7. The lowest BCUT2D eigenvalue weighted by atomic mass is 10.0. The number of carboxylic acids is 1. The van der Waals surface area contributed by atoms with Crippen LogP contribution >= 0.6 is 0 Å². The van der Waals surface area contributed by atoms with Crippen LogP contribution in [0.1, 0.15) is 48.0 Å². The zero-order chi connectivity index (χ0) is 17.4. The first-order valence-electron chi connectivity index (χ1n) is 8.43. The Morgan fingerprint density at radius 3 is 2.75 bits per heavy atom. The fourth-order valence-electron chi connectivity index (χ4n) is 2.89. The summed E-state index contributed by atoms with van der Waals surface area (Å²) in [4.78, 5) is 36.8. The molecule has 2 amide bonds. The van der Waals surface area contributed by atoms with Gasteiger partial charge in [0.2, 0.25) is 11.8 Å². The van der Waals surface area contributed by atoms with E-state index in [9.17, 15) is 14.4 Å². The predicted octanol–water partition coefficient (Wildman–Crippen LogP) is 1.84. The van der Waals surface area contributed by atoms with Crippen LogP contribution in [0.4, 0.5) is 0 Å². The van der Waals surface area contributed by atoms with Crippen LogP contribution < -0.4 is 5.32 Å². The van der Waals surface area contributed by atoms with Gasteiger partial charge in [0.1, 0.15) is 0 Å². The lowest BCUT2D eigenvalue weighted by Gasteiger charge is -2.20. The Kier molecular flexibility index (Phi) is 6.78. The monoisotopic (exact) mass is 332 g/mol. The average molecular weight is 332 g/mol. The smallest absolute Gasteiger partial charge is 0.335 e. The molecule has 2 rings (SSSR count). The summed E-state index contributed by atoms with van der Waals surface area (Å²) in [6.07, 6.45) is 4.49. The number of likely N-dealkylation sites (tertiary alicyclic amines) is 1. The number of nitrogens with one attached hydrogen (secondary N) is 1. The number of benzene rings is 1. The normalized spacial score (nSPS) is 15.0. The third-order valence-electron chi connectivity index (χ3n) is 4.20. The second kappa shape index (κ2) is 9.05. The quantitative estimate of drug-likeness (QED) is 0.746. The third kappa shape index (κ3) is 5.37. The summed E-state index contributed by atoms with van der Waals surface area (Å²) in [6, 6.07) is 6.51. The van der Waals surface area contributed by atoms with Gasteiger partial charge in [-0.2, -0.15) is 0 Å². The molecule has 0 atom stereocenters. The molecule has 6 heteroatoms. The molecule has 1 fully saturated rings. The van der Waals surface area contributed by atoms with Gasteiger partial charge < -0.3 is 15.3 Å². The molecule has 1 aliphatic rings. The second-order valence-corrected chi connectivity index (χ2v) is 6.03. The van der Waals surface area contributed by atoms with Crippen LogP contribution in [0.25, 0.3) is 0 Å². The minimum Gasteiger partial charge on any atom is -0.478 e. The van der Waals surface area contributed by atoms with Crippen molar-refractivity contribution < 1.29 is 19.5 Å². The van der Waals surface area contributed by atoms with Crippen molar-refractivity contribution in [1.29, 1.82) is 0 Å². The van der Waals surface area contributed by atoms with Crippen molar-refractivity contribution >= 4 is 17.8 Å². The summed E-state index contributed by atoms with van der Waals surface area (Å²) < 4.78 is 0. The molecule has 130 valence electrons. The van der Waals surface area contributed by atoms with Gasteiger partial charge in [-0.15, -0.1) is 0 Å². The summed E-state index contributed by atoms with van der Waals surface area (Å²) in [5.41, 5.74) is 0.660. The van der Waals surface area contributed by atoms with Crippen molar-refractivity contribution in [3.8, 4) is 0 Å². The maximum Gasteiger partial charge on any atom is 0.335 e. The summed E-state index contributed by atoms with van der Waals surface area (Å²) in [6.45, 7) is 1.95. The fourth-order valence-corrected chi connectivity index (χ4v) is 2.89. The zero-order valence-corrected chi connectivity index (χ0v) is 13.8. The number of hydrogen-bond acceptors (Lipinski definition) is 3. The summed E-state index contributed by atoms with van der Waals surface area (Å²) in [7, 11) is 0. The van der Waals surface area contributed by atoms with E-state index in [0.717, 1.165) is 25.8 Å². The molecule has 2 N–H and O–H groups in total. The number of carboxylic acid groups (broad SMARTS) is 1. The van der Waals surface area contributed by atoms with Crippen LogP contribution in [0, 0.1) is 0 Å². The Labute approximate surface area is 141 Å². The Hall–Kier alpha value is -2.37. The topological polar surface area (TPSA) is 86.7 Å². The molecule has 0 radical (unpaired) electrons. The van der Waals surface area contributed by atoms with Crippen LogP contribution in [0.2, 0.25) is 0 Å². The molecule has 0 aromatic heterocycles. The van der Waals surface area contributed by atoms with Gasteiger partial charge in [-0.25, -0.2) is 4.79 Å². The SMILES string of the molecule is O=C(Cc1ccccc1C(=O)O)NCCCN1CCCCCC1=O. The number of nitrogens with zero attached hydrogens (tertiary/aromatic N) is 1.